The molecule has 1 aliphatic heterocycles. The first kappa shape index (κ1) is 18.9. The number of aromatic nitrogens is 4. The van der Waals surface area contributed by atoms with Crippen molar-refractivity contribution >= 4 is 23.2 Å². The third kappa shape index (κ3) is 3.75. The maximum Gasteiger partial charge on any atom is 0.237 e. The molecule has 3 heterocycles. The summed E-state index contributed by atoms with van der Waals surface area (Å²) < 4.78 is 21.7. The number of alkyl halides is 1. The predicted octanol–water partition coefficient (Wildman–Crippen LogP) is 3.03. The van der Waals surface area contributed by atoms with Gasteiger partial charge in [-0.15, -0.1) is 0 Å². The molecular weight excluding hydrogens is 385 g/mol. The average Bonchev–Trinajstić information content (AvgIpc) is 2.93. The van der Waals surface area contributed by atoms with Crippen LogP contribution in [0, 0.1) is 13.5 Å². The molecule has 4 rings (SSSR count). The fraction of sp³-hybridized carbons (Fsp3) is 0.556. The lowest BCUT2D eigenvalue weighted by Gasteiger charge is -2.41. The largest absolute Gasteiger partial charge is 0.473 e. The zero-order valence-corrected chi connectivity index (χ0v) is 16.4. The van der Waals surface area contributed by atoms with Crippen LogP contribution in [0.4, 0.5) is 16.0 Å². The molecule has 0 radical (unpaired) electrons. The van der Waals surface area contributed by atoms with Crippen LogP contribution in [0.3, 0.4) is 0 Å². The number of hydrogen-bond acceptors (Lipinski definition) is 6. The molecule has 0 amide bonds. The van der Waals surface area contributed by atoms with Gasteiger partial charge in [0.05, 0.1) is 23.6 Å². The van der Waals surface area contributed by atoms with Gasteiger partial charge in [-0.1, -0.05) is 11.6 Å². The standard InChI is InChI=1S/C18H21ClFN7O/c1-11-15(7-27(25-11)13-4-12(5-13)21-2)23-17-22-6-14(19)16(24-17)28-10-18(20)8-26(3)9-18/h6-7,12-13H,4-5,8-10H2,1,3H3,(H,22,23,24). The van der Waals surface area contributed by atoms with Crippen LogP contribution in [0.25, 0.3) is 4.85 Å². The molecule has 0 spiro atoms. The van der Waals surface area contributed by atoms with Gasteiger partial charge in [0.2, 0.25) is 17.9 Å². The van der Waals surface area contributed by atoms with Gasteiger partial charge in [-0.2, -0.15) is 10.1 Å². The summed E-state index contributed by atoms with van der Waals surface area (Å²) in [6.45, 7) is 9.50. The Morgan fingerprint density at radius 3 is 2.89 bits per heavy atom. The summed E-state index contributed by atoms with van der Waals surface area (Å²) in [5, 5.41) is 7.86. The Bertz CT molecular complexity index is 915. The highest BCUT2D eigenvalue weighted by atomic mass is 35.5. The second-order valence-electron chi connectivity index (χ2n) is 7.60. The van der Waals surface area contributed by atoms with Crippen molar-refractivity contribution in [3.05, 3.63) is 34.5 Å². The zero-order chi connectivity index (χ0) is 19.9. The molecule has 1 saturated heterocycles. The quantitative estimate of drug-likeness (QED) is 0.745. The van der Waals surface area contributed by atoms with Crippen LogP contribution < -0.4 is 10.1 Å². The highest BCUT2D eigenvalue weighted by Gasteiger charge is 2.42. The van der Waals surface area contributed by atoms with Gasteiger partial charge in [0.1, 0.15) is 11.6 Å². The van der Waals surface area contributed by atoms with E-state index in [9.17, 15) is 4.39 Å². The summed E-state index contributed by atoms with van der Waals surface area (Å²) in [6, 6.07) is 0.346. The Kier molecular flexibility index (Phi) is 4.85. The highest BCUT2D eigenvalue weighted by molar-refractivity contribution is 6.31. The lowest BCUT2D eigenvalue weighted by molar-refractivity contribution is -0.0474. The number of nitrogens with zero attached hydrogens (tertiary/aromatic N) is 6. The van der Waals surface area contributed by atoms with Gasteiger partial charge in [-0.25, -0.2) is 15.9 Å². The molecule has 1 saturated carbocycles. The van der Waals surface area contributed by atoms with Crippen LogP contribution >= 0.6 is 11.6 Å². The SMILES string of the molecule is [C-]#[N+]C1CC(n2cc(Nc3ncc(Cl)c(OCC4(F)CN(C)C4)n3)c(C)n2)C1. The minimum absolute atomic E-state index is 0.0967. The number of rotatable bonds is 6. The van der Waals surface area contributed by atoms with E-state index in [4.69, 9.17) is 22.9 Å². The lowest BCUT2D eigenvalue weighted by atomic mass is 9.88. The molecule has 0 aromatic carbocycles. The molecule has 2 aromatic heterocycles. The molecule has 148 valence electrons. The van der Waals surface area contributed by atoms with Crippen molar-refractivity contribution in [3.63, 3.8) is 0 Å². The number of ether oxygens (including phenoxy) is 1. The van der Waals surface area contributed by atoms with Crippen LogP contribution in [-0.4, -0.2) is 63.1 Å². The number of likely N-dealkylation sites (tertiary alicyclic amines) is 1. The van der Waals surface area contributed by atoms with Crippen LogP contribution in [-0.2, 0) is 0 Å². The fourth-order valence-electron chi connectivity index (χ4n) is 3.52. The maximum atomic E-state index is 14.3. The molecule has 28 heavy (non-hydrogen) atoms. The van der Waals surface area contributed by atoms with Crippen molar-refractivity contribution in [2.24, 2.45) is 0 Å². The molecule has 0 atom stereocenters. The zero-order valence-electron chi connectivity index (χ0n) is 15.7. The number of anilines is 2. The molecule has 2 aliphatic rings. The maximum absolute atomic E-state index is 14.3. The highest BCUT2D eigenvalue weighted by Crippen LogP contribution is 2.35. The Labute approximate surface area is 167 Å². The molecule has 10 heteroatoms. The minimum atomic E-state index is -1.37. The second kappa shape index (κ2) is 7.18. The smallest absolute Gasteiger partial charge is 0.237 e. The Balaban J connectivity index is 1.42. The average molecular weight is 406 g/mol. The molecule has 2 fully saturated rings. The van der Waals surface area contributed by atoms with E-state index in [-0.39, 0.29) is 29.6 Å². The Morgan fingerprint density at radius 2 is 2.21 bits per heavy atom. The summed E-state index contributed by atoms with van der Waals surface area (Å²) in [6.07, 6.45) is 4.95. The van der Waals surface area contributed by atoms with Crippen LogP contribution in [0.5, 0.6) is 5.88 Å². The van der Waals surface area contributed by atoms with Crippen molar-refractivity contribution in [1.29, 1.82) is 0 Å². The molecule has 0 bridgehead atoms. The van der Waals surface area contributed by atoms with Gasteiger partial charge >= 0.3 is 0 Å². The number of aryl methyl sites for hydroxylation is 1. The van der Waals surface area contributed by atoms with Crippen molar-refractivity contribution in [2.75, 3.05) is 32.1 Å². The lowest BCUT2D eigenvalue weighted by Crippen LogP contribution is -2.60. The first-order chi connectivity index (χ1) is 13.3. The van der Waals surface area contributed by atoms with Crippen LogP contribution in [0.15, 0.2) is 12.4 Å². The summed E-state index contributed by atoms with van der Waals surface area (Å²) in [5.74, 6) is 0.447. The van der Waals surface area contributed by atoms with Crippen LogP contribution in [0.1, 0.15) is 24.6 Å². The summed E-state index contributed by atoms with van der Waals surface area (Å²) in [5.41, 5.74) is 0.190. The number of halogens is 2. The first-order valence-electron chi connectivity index (χ1n) is 9.07. The van der Waals surface area contributed by atoms with Gasteiger partial charge < -0.3 is 14.9 Å². The van der Waals surface area contributed by atoms with Gasteiger partial charge in [-0.05, 0) is 14.0 Å². The molecule has 1 aliphatic carbocycles. The number of hydrogen-bond donors (Lipinski definition) is 1. The summed E-state index contributed by atoms with van der Waals surface area (Å²) >= 11 is 6.10. The van der Waals surface area contributed by atoms with E-state index in [1.807, 2.05) is 29.7 Å². The summed E-state index contributed by atoms with van der Waals surface area (Å²) in [4.78, 5) is 13.9. The monoisotopic (exact) mass is 405 g/mol. The Hall–Kier alpha value is -2.44. The van der Waals surface area contributed by atoms with E-state index in [2.05, 4.69) is 25.2 Å². The van der Waals surface area contributed by atoms with E-state index in [0.29, 0.717) is 19.0 Å². The molecule has 2 aromatic rings. The van der Waals surface area contributed by atoms with Crippen molar-refractivity contribution < 1.29 is 9.13 Å². The van der Waals surface area contributed by atoms with E-state index < -0.39 is 5.67 Å². The minimum Gasteiger partial charge on any atom is -0.473 e. The molecule has 0 unspecified atom stereocenters. The third-order valence-corrected chi connectivity index (χ3v) is 5.35. The molecule has 1 N–H and O–H groups in total. The van der Waals surface area contributed by atoms with Crippen molar-refractivity contribution in [2.45, 2.75) is 37.5 Å². The normalized spacial score (nSPS) is 23.4. The van der Waals surface area contributed by atoms with E-state index in [0.717, 1.165) is 24.2 Å². The fourth-order valence-corrected chi connectivity index (χ4v) is 3.66. The summed E-state index contributed by atoms with van der Waals surface area (Å²) in [7, 11) is 1.85. The Morgan fingerprint density at radius 1 is 1.46 bits per heavy atom. The van der Waals surface area contributed by atoms with Crippen molar-refractivity contribution in [3.8, 4) is 5.88 Å². The van der Waals surface area contributed by atoms with Crippen molar-refractivity contribution in [1.82, 2.24) is 24.6 Å². The van der Waals surface area contributed by atoms with Gasteiger partial charge in [-0.3, -0.25) is 9.58 Å². The third-order valence-electron chi connectivity index (χ3n) is 5.09. The van der Waals surface area contributed by atoms with Gasteiger partial charge in [0.25, 0.3) is 0 Å². The van der Waals surface area contributed by atoms with E-state index >= 15 is 0 Å². The first-order valence-corrected chi connectivity index (χ1v) is 9.45. The number of nitrogens with one attached hydrogen (secondary N) is 1. The van der Waals surface area contributed by atoms with Gasteiger partial charge in [0, 0.05) is 32.1 Å². The second-order valence-corrected chi connectivity index (χ2v) is 8.01. The molecule has 8 nitrogen and oxygen atoms in total. The van der Waals surface area contributed by atoms with Gasteiger partial charge in [0.15, 0.2) is 5.67 Å². The van der Waals surface area contributed by atoms with E-state index in [1.165, 1.54) is 6.20 Å². The molecular formula is C18H21ClFN7O. The van der Waals surface area contributed by atoms with E-state index in [1.54, 1.807) is 0 Å². The predicted molar refractivity (Wildman–Crippen MR) is 103 cm³/mol. The topological polar surface area (TPSA) is 72.5 Å². The van der Waals surface area contributed by atoms with Crippen LogP contribution in [0.2, 0.25) is 5.02 Å².